The highest BCUT2D eigenvalue weighted by Gasteiger charge is 2.17. The van der Waals surface area contributed by atoms with Gasteiger partial charge in [0.15, 0.2) is 0 Å². The van der Waals surface area contributed by atoms with Crippen LogP contribution in [0.3, 0.4) is 0 Å². The maximum absolute atomic E-state index is 12.0. The second-order valence-corrected chi connectivity index (χ2v) is 6.88. The highest BCUT2D eigenvalue weighted by Crippen LogP contribution is 2.25. The Balaban J connectivity index is 2.42. The molecule has 0 heterocycles. The van der Waals surface area contributed by atoms with Crippen molar-refractivity contribution >= 4 is 12.6 Å². The van der Waals surface area contributed by atoms with Gasteiger partial charge in [-0.05, 0) is 43.4 Å². The Morgan fingerprint density at radius 1 is 1.29 bits per heavy atom. The van der Waals surface area contributed by atoms with Crippen molar-refractivity contribution in [2.45, 2.75) is 45.6 Å². The first kappa shape index (κ1) is 23.2. The highest BCUT2D eigenvalue weighted by atomic mass is 16.6. The zero-order valence-corrected chi connectivity index (χ0v) is 17.0. The van der Waals surface area contributed by atoms with Crippen LogP contribution in [0.4, 0.5) is 4.79 Å². The first-order chi connectivity index (χ1) is 13.4. The van der Waals surface area contributed by atoms with Gasteiger partial charge in [0.05, 0.1) is 0 Å². The third-order valence-electron chi connectivity index (χ3n) is 4.28. The number of hydrogen-bond donors (Lipinski definition) is 1. The van der Waals surface area contributed by atoms with Crippen LogP contribution in [0.1, 0.15) is 45.1 Å². The third kappa shape index (κ3) is 7.82. The number of benzene rings is 1. The van der Waals surface area contributed by atoms with Crippen molar-refractivity contribution in [2.75, 3.05) is 6.54 Å². The fourth-order valence-corrected chi connectivity index (χ4v) is 2.76. The number of unbranched alkanes of at least 4 members (excludes halogenated alkanes) is 1. The van der Waals surface area contributed by atoms with E-state index in [1.165, 1.54) is 0 Å². The maximum atomic E-state index is 12.0. The number of amides is 1. The average Bonchev–Trinajstić information content (AvgIpc) is 2.65. The molecule has 5 nitrogen and oxygen atoms in total. The van der Waals surface area contributed by atoms with E-state index in [0.717, 1.165) is 24.0 Å². The summed E-state index contributed by atoms with van der Waals surface area (Å²) >= 11 is 0. The standard InChI is InChI=1S/C23H31NO4/c1-6-19(17(2)3)21(27-16-25)13-8-7-11-15-24-23(26)28-22-14-10-9-12-20(22)18(4)5/h6,8-10,12-14,16,18-19,21H,1-2,7,11,15H2,3-5H3,(H,24,26)/b13-8+. The Kier molecular flexibility index (Phi) is 10.4. The van der Waals surface area contributed by atoms with Gasteiger partial charge in [0.2, 0.25) is 0 Å². The molecule has 0 aliphatic rings. The Labute approximate surface area is 168 Å². The smallest absolute Gasteiger partial charge is 0.412 e. The van der Waals surface area contributed by atoms with E-state index >= 15 is 0 Å². The molecule has 1 N–H and O–H groups in total. The number of para-hydroxylation sites is 1. The number of nitrogens with one attached hydrogen (secondary N) is 1. The lowest BCUT2D eigenvalue weighted by Crippen LogP contribution is -2.28. The molecule has 0 spiro atoms. The monoisotopic (exact) mass is 385 g/mol. The van der Waals surface area contributed by atoms with Gasteiger partial charge in [-0.3, -0.25) is 4.79 Å². The molecule has 1 amide bonds. The number of ether oxygens (including phenoxy) is 2. The second-order valence-electron chi connectivity index (χ2n) is 6.88. The number of carbonyl (C=O) groups excluding carboxylic acids is 2. The van der Waals surface area contributed by atoms with Crippen molar-refractivity contribution in [3.63, 3.8) is 0 Å². The molecule has 0 bridgehead atoms. The molecule has 1 aromatic rings. The molecule has 1 rings (SSSR count). The van der Waals surface area contributed by atoms with Crippen LogP contribution in [0.5, 0.6) is 5.75 Å². The van der Waals surface area contributed by atoms with Gasteiger partial charge in [0, 0.05) is 12.5 Å². The van der Waals surface area contributed by atoms with Gasteiger partial charge in [-0.1, -0.05) is 56.4 Å². The minimum atomic E-state index is -0.465. The van der Waals surface area contributed by atoms with Gasteiger partial charge in [-0.25, -0.2) is 4.79 Å². The summed E-state index contributed by atoms with van der Waals surface area (Å²) < 4.78 is 10.5. The quantitative estimate of drug-likeness (QED) is 0.307. The Morgan fingerprint density at radius 2 is 2.00 bits per heavy atom. The number of hydrogen-bond acceptors (Lipinski definition) is 4. The van der Waals surface area contributed by atoms with E-state index in [4.69, 9.17) is 9.47 Å². The fraction of sp³-hybridized carbons (Fsp3) is 0.391. The van der Waals surface area contributed by atoms with Crippen molar-refractivity contribution in [1.29, 1.82) is 0 Å². The van der Waals surface area contributed by atoms with Crippen molar-refractivity contribution < 1.29 is 19.1 Å². The topological polar surface area (TPSA) is 64.6 Å². The number of rotatable bonds is 12. The van der Waals surface area contributed by atoms with Crippen LogP contribution in [0.2, 0.25) is 0 Å². The van der Waals surface area contributed by atoms with Crippen molar-refractivity contribution in [2.24, 2.45) is 5.92 Å². The van der Waals surface area contributed by atoms with Crippen LogP contribution >= 0.6 is 0 Å². The predicted octanol–water partition coefficient (Wildman–Crippen LogP) is 5.15. The minimum Gasteiger partial charge on any atom is -0.459 e. The van der Waals surface area contributed by atoms with Crippen molar-refractivity contribution in [3.8, 4) is 5.75 Å². The van der Waals surface area contributed by atoms with Crippen LogP contribution in [0.25, 0.3) is 0 Å². The van der Waals surface area contributed by atoms with Crippen molar-refractivity contribution in [3.05, 3.63) is 66.8 Å². The van der Waals surface area contributed by atoms with E-state index in [0.29, 0.717) is 18.8 Å². The van der Waals surface area contributed by atoms with Crippen molar-refractivity contribution in [1.82, 2.24) is 5.32 Å². The summed E-state index contributed by atoms with van der Waals surface area (Å²) in [6.07, 6.45) is 6.04. The Morgan fingerprint density at radius 3 is 2.61 bits per heavy atom. The summed E-state index contributed by atoms with van der Waals surface area (Å²) in [6.45, 7) is 14.6. The predicted molar refractivity (Wildman–Crippen MR) is 112 cm³/mol. The zero-order chi connectivity index (χ0) is 20.9. The second kappa shape index (κ2) is 12.5. The summed E-state index contributed by atoms with van der Waals surface area (Å²) in [6, 6.07) is 7.53. The minimum absolute atomic E-state index is 0.129. The molecule has 0 aliphatic heterocycles. The Bertz CT molecular complexity index is 694. The van der Waals surface area contributed by atoms with Gasteiger partial charge >= 0.3 is 6.09 Å². The van der Waals surface area contributed by atoms with E-state index < -0.39 is 12.2 Å². The summed E-state index contributed by atoms with van der Waals surface area (Å²) in [4.78, 5) is 22.7. The summed E-state index contributed by atoms with van der Waals surface area (Å²) in [5.74, 6) is 0.726. The summed E-state index contributed by atoms with van der Waals surface area (Å²) in [5.41, 5.74) is 1.87. The number of carbonyl (C=O) groups is 2. The molecule has 0 radical (unpaired) electrons. The highest BCUT2D eigenvalue weighted by molar-refractivity contribution is 5.70. The molecule has 2 unspecified atom stereocenters. The fourth-order valence-electron chi connectivity index (χ4n) is 2.76. The first-order valence-corrected chi connectivity index (χ1v) is 9.49. The molecule has 0 fully saturated rings. The van der Waals surface area contributed by atoms with E-state index in [1.807, 2.05) is 37.3 Å². The van der Waals surface area contributed by atoms with Gasteiger partial charge < -0.3 is 14.8 Å². The van der Waals surface area contributed by atoms with Gasteiger partial charge in [-0.2, -0.15) is 0 Å². The van der Waals surface area contributed by atoms with E-state index in [9.17, 15) is 9.59 Å². The van der Waals surface area contributed by atoms with E-state index in [1.54, 1.807) is 12.1 Å². The van der Waals surface area contributed by atoms with Gasteiger partial charge in [-0.15, -0.1) is 6.58 Å². The van der Waals surface area contributed by atoms with Crippen LogP contribution < -0.4 is 10.1 Å². The SMILES string of the molecule is C=CC(C(=C)C)C(/C=C/CCCNC(=O)Oc1ccccc1C(C)C)OC=O. The normalized spacial score (nSPS) is 13.0. The maximum Gasteiger partial charge on any atom is 0.412 e. The molecule has 28 heavy (non-hydrogen) atoms. The largest absolute Gasteiger partial charge is 0.459 e. The first-order valence-electron chi connectivity index (χ1n) is 9.49. The molecule has 2 atom stereocenters. The lowest BCUT2D eigenvalue weighted by atomic mass is 9.95. The van der Waals surface area contributed by atoms with Crippen LogP contribution in [-0.2, 0) is 9.53 Å². The van der Waals surface area contributed by atoms with Gasteiger partial charge in [0.25, 0.3) is 6.47 Å². The van der Waals surface area contributed by atoms with Crippen LogP contribution in [-0.4, -0.2) is 25.2 Å². The average molecular weight is 386 g/mol. The molecule has 0 aliphatic carbocycles. The molecule has 5 heteroatoms. The summed E-state index contributed by atoms with van der Waals surface area (Å²) in [7, 11) is 0. The molecule has 0 saturated heterocycles. The lowest BCUT2D eigenvalue weighted by molar-refractivity contribution is -0.132. The number of allylic oxidation sites excluding steroid dienone is 1. The molecular weight excluding hydrogens is 354 g/mol. The summed E-state index contributed by atoms with van der Waals surface area (Å²) in [5, 5.41) is 2.75. The van der Waals surface area contributed by atoms with Gasteiger partial charge in [0.1, 0.15) is 11.9 Å². The molecule has 0 saturated carbocycles. The third-order valence-corrected chi connectivity index (χ3v) is 4.28. The Hall–Kier alpha value is -2.82. The van der Waals surface area contributed by atoms with E-state index in [-0.39, 0.29) is 11.8 Å². The van der Waals surface area contributed by atoms with Crippen LogP contribution in [0.15, 0.2) is 61.2 Å². The zero-order valence-electron chi connectivity index (χ0n) is 17.0. The van der Waals surface area contributed by atoms with Crippen LogP contribution in [0, 0.1) is 5.92 Å². The molecule has 152 valence electrons. The molecule has 0 aromatic heterocycles. The van der Waals surface area contributed by atoms with E-state index in [2.05, 4.69) is 32.3 Å². The lowest BCUT2D eigenvalue weighted by Gasteiger charge is -2.20. The molecule has 1 aromatic carbocycles. The molecular formula is C23H31NO4.